The van der Waals surface area contributed by atoms with E-state index in [2.05, 4.69) is 9.97 Å². The van der Waals surface area contributed by atoms with Gasteiger partial charge in [0.25, 0.3) is 0 Å². The molecule has 2 rings (SSSR count). The molecule has 5 nitrogen and oxygen atoms in total. The first kappa shape index (κ1) is 13.1. The van der Waals surface area contributed by atoms with E-state index in [1.54, 1.807) is 19.5 Å². The highest BCUT2D eigenvalue weighted by molar-refractivity contribution is 5.12. The minimum Gasteiger partial charge on any atom is -0.480 e. The van der Waals surface area contributed by atoms with Gasteiger partial charge in [-0.25, -0.2) is 0 Å². The number of ether oxygens (including phenoxy) is 2. The van der Waals surface area contributed by atoms with Crippen LogP contribution in [-0.4, -0.2) is 30.2 Å². The van der Waals surface area contributed by atoms with Gasteiger partial charge in [-0.05, 0) is 31.2 Å². The van der Waals surface area contributed by atoms with Gasteiger partial charge in [0.05, 0.1) is 26.1 Å². The topological polar surface area (TPSA) is 70.3 Å². The van der Waals surface area contributed by atoms with Crippen LogP contribution >= 0.6 is 0 Å². The fourth-order valence-electron chi connectivity index (χ4n) is 2.51. The Bertz CT molecular complexity index is 373. The molecule has 1 saturated carbocycles. The van der Waals surface area contributed by atoms with Gasteiger partial charge in [-0.1, -0.05) is 12.8 Å². The third-order valence-corrected chi connectivity index (χ3v) is 3.61. The average molecular weight is 251 g/mol. The third kappa shape index (κ3) is 3.32. The van der Waals surface area contributed by atoms with E-state index in [1.165, 1.54) is 25.7 Å². The van der Waals surface area contributed by atoms with Crippen molar-refractivity contribution in [2.24, 2.45) is 17.6 Å². The van der Waals surface area contributed by atoms with E-state index in [1.807, 2.05) is 0 Å². The Morgan fingerprint density at radius 2 is 1.94 bits per heavy atom. The molecular weight excluding hydrogens is 230 g/mol. The highest BCUT2D eigenvalue weighted by Gasteiger charge is 2.24. The van der Waals surface area contributed by atoms with Gasteiger partial charge in [0.15, 0.2) is 0 Å². The Morgan fingerprint density at radius 1 is 1.22 bits per heavy atom. The largest absolute Gasteiger partial charge is 0.480 e. The molecule has 0 radical (unpaired) electrons. The molecule has 100 valence electrons. The van der Waals surface area contributed by atoms with E-state index in [9.17, 15) is 0 Å². The maximum Gasteiger partial charge on any atom is 0.235 e. The number of nitrogens with two attached hydrogens (primary N) is 1. The van der Waals surface area contributed by atoms with Crippen LogP contribution in [0.2, 0.25) is 0 Å². The summed E-state index contributed by atoms with van der Waals surface area (Å²) in [6.45, 7) is 1.42. The maximum atomic E-state index is 5.80. The number of hydrogen-bond acceptors (Lipinski definition) is 5. The van der Waals surface area contributed by atoms with Crippen LogP contribution in [0.3, 0.4) is 0 Å². The Kier molecular flexibility index (Phi) is 4.75. The molecule has 0 bridgehead atoms. The minimum atomic E-state index is 0.478. The van der Waals surface area contributed by atoms with Crippen molar-refractivity contribution in [1.82, 2.24) is 9.97 Å². The molecule has 2 N–H and O–H groups in total. The Labute approximate surface area is 108 Å². The number of nitrogens with zero attached hydrogens (tertiary/aromatic N) is 2. The molecule has 2 unspecified atom stereocenters. The molecular formula is C13H21N3O2. The second-order valence-corrected chi connectivity index (χ2v) is 4.75. The number of hydrogen-bond donors (Lipinski definition) is 1. The molecule has 18 heavy (non-hydrogen) atoms. The smallest absolute Gasteiger partial charge is 0.235 e. The lowest BCUT2D eigenvalue weighted by molar-refractivity contribution is 0.148. The summed E-state index contributed by atoms with van der Waals surface area (Å²) in [6, 6.07) is 0. The molecule has 0 saturated heterocycles. The van der Waals surface area contributed by atoms with E-state index in [4.69, 9.17) is 15.2 Å². The summed E-state index contributed by atoms with van der Waals surface area (Å²) in [7, 11) is 1.57. The monoisotopic (exact) mass is 251 g/mol. The van der Waals surface area contributed by atoms with Crippen molar-refractivity contribution in [1.29, 1.82) is 0 Å². The summed E-state index contributed by atoms with van der Waals surface area (Å²) >= 11 is 0. The Balaban J connectivity index is 1.89. The highest BCUT2D eigenvalue weighted by atomic mass is 16.5. The van der Waals surface area contributed by atoms with Gasteiger partial charge in [0.1, 0.15) is 0 Å². The molecule has 2 atom stereocenters. The van der Waals surface area contributed by atoms with Crippen molar-refractivity contribution in [2.75, 3.05) is 20.3 Å². The van der Waals surface area contributed by atoms with E-state index < -0.39 is 0 Å². The predicted octanol–water partition coefficient (Wildman–Crippen LogP) is 1.63. The standard InChI is InChI=1S/C13H21N3O2/c1-17-12-7-15-8-13(16-12)18-9-11-5-3-2-4-10(11)6-14/h7-8,10-11H,2-6,9,14H2,1H3. The van der Waals surface area contributed by atoms with E-state index in [0.717, 1.165) is 6.54 Å². The lowest BCUT2D eigenvalue weighted by atomic mass is 9.80. The summed E-state index contributed by atoms with van der Waals surface area (Å²) < 4.78 is 10.7. The minimum absolute atomic E-state index is 0.478. The SMILES string of the molecule is COc1cncc(OCC2CCCCC2CN)n1. The van der Waals surface area contributed by atoms with Crippen LogP contribution in [0.25, 0.3) is 0 Å². The van der Waals surface area contributed by atoms with Gasteiger partial charge in [0, 0.05) is 0 Å². The Morgan fingerprint density at radius 3 is 2.67 bits per heavy atom. The van der Waals surface area contributed by atoms with Crippen LogP contribution in [0.5, 0.6) is 11.8 Å². The molecule has 1 aliphatic rings. The van der Waals surface area contributed by atoms with E-state index in [0.29, 0.717) is 30.2 Å². The first-order valence-corrected chi connectivity index (χ1v) is 6.52. The molecule has 5 heteroatoms. The second-order valence-electron chi connectivity index (χ2n) is 4.75. The fraction of sp³-hybridized carbons (Fsp3) is 0.692. The third-order valence-electron chi connectivity index (χ3n) is 3.61. The first-order chi connectivity index (χ1) is 8.83. The molecule has 0 aromatic carbocycles. The summed E-state index contributed by atoms with van der Waals surface area (Å²) in [5.41, 5.74) is 5.80. The molecule has 1 aliphatic carbocycles. The van der Waals surface area contributed by atoms with Crippen LogP contribution in [-0.2, 0) is 0 Å². The summed E-state index contributed by atoms with van der Waals surface area (Å²) in [4.78, 5) is 8.21. The maximum absolute atomic E-state index is 5.80. The fourth-order valence-corrected chi connectivity index (χ4v) is 2.51. The van der Waals surface area contributed by atoms with Crippen LogP contribution in [0.1, 0.15) is 25.7 Å². The van der Waals surface area contributed by atoms with Crippen molar-refractivity contribution in [3.8, 4) is 11.8 Å². The Hall–Kier alpha value is -1.36. The molecule has 0 aliphatic heterocycles. The van der Waals surface area contributed by atoms with Crippen molar-refractivity contribution >= 4 is 0 Å². The van der Waals surface area contributed by atoms with Gasteiger partial charge >= 0.3 is 0 Å². The predicted molar refractivity (Wildman–Crippen MR) is 68.6 cm³/mol. The molecule has 1 fully saturated rings. The number of rotatable bonds is 5. The van der Waals surface area contributed by atoms with Crippen molar-refractivity contribution < 1.29 is 9.47 Å². The zero-order chi connectivity index (χ0) is 12.8. The molecule has 1 aromatic rings. The normalized spacial score (nSPS) is 23.7. The van der Waals surface area contributed by atoms with Crippen molar-refractivity contribution in [3.05, 3.63) is 12.4 Å². The zero-order valence-electron chi connectivity index (χ0n) is 10.8. The van der Waals surface area contributed by atoms with E-state index in [-0.39, 0.29) is 0 Å². The van der Waals surface area contributed by atoms with Crippen LogP contribution in [0.4, 0.5) is 0 Å². The number of aromatic nitrogens is 2. The summed E-state index contributed by atoms with van der Waals surface area (Å²) in [5, 5.41) is 0. The molecule has 0 amide bonds. The van der Waals surface area contributed by atoms with Crippen LogP contribution in [0, 0.1) is 11.8 Å². The van der Waals surface area contributed by atoms with Gasteiger partial charge in [0.2, 0.25) is 11.8 Å². The van der Waals surface area contributed by atoms with Crippen LogP contribution in [0.15, 0.2) is 12.4 Å². The summed E-state index contributed by atoms with van der Waals surface area (Å²) in [6.07, 6.45) is 8.15. The van der Waals surface area contributed by atoms with Gasteiger partial charge < -0.3 is 15.2 Å². The molecule has 1 aromatic heterocycles. The molecule has 0 spiro atoms. The second kappa shape index (κ2) is 6.54. The van der Waals surface area contributed by atoms with E-state index >= 15 is 0 Å². The molecule has 1 heterocycles. The highest BCUT2D eigenvalue weighted by Crippen LogP contribution is 2.29. The van der Waals surface area contributed by atoms with Crippen molar-refractivity contribution in [2.45, 2.75) is 25.7 Å². The number of methoxy groups -OCH3 is 1. The van der Waals surface area contributed by atoms with Gasteiger partial charge in [-0.2, -0.15) is 4.98 Å². The quantitative estimate of drug-likeness (QED) is 0.861. The lowest BCUT2D eigenvalue weighted by Gasteiger charge is -2.30. The van der Waals surface area contributed by atoms with Crippen molar-refractivity contribution in [3.63, 3.8) is 0 Å². The first-order valence-electron chi connectivity index (χ1n) is 6.52. The average Bonchev–Trinajstić information content (AvgIpc) is 2.45. The van der Waals surface area contributed by atoms with Gasteiger partial charge in [-0.3, -0.25) is 4.98 Å². The van der Waals surface area contributed by atoms with Gasteiger partial charge in [-0.15, -0.1) is 0 Å². The lowest BCUT2D eigenvalue weighted by Crippen LogP contribution is -2.30. The summed E-state index contributed by atoms with van der Waals surface area (Å²) in [5.74, 6) is 2.12. The zero-order valence-corrected chi connectivity index (χ0v) is 10.8. The van der Waals surface area contributed by atoms with Crippen LogP contribution < -0.4 is 15.2 Å².